The second-order valence-electron chi connectivity index (χ2n) is 18.2. The van der Waals surface area contributed by atoms with E-state index in [0.717, 1.165) is 34.2 Å². The van der Waals surface area contributed by atoms with E-state index in [4.69, 9.17) is 41.3 Å². The molecule has 1 aliphatic heterocycles. The van der Waals surface area contributed by atoms with Gasteiger partial charge in [0.15, 0.2) is 5.96 Å². The van der Waals surface area contributed by atoms with Gasteiger partial charge in [-0.2, -0.15) is 0 Å². The number of hydrogen-bond acceptors (Lipinski definition) is 13. The third-order valence-electron chi connectivity index (χ3n) is 12.3. The molecule has 1 heterocycles. The Morgan fingerprint density at radius 1 is 0.640 bits per heavy atom. The van der Waals surface area contributed by atoms with Crippen molar-refractivity contribution in [2.45, 2.75) is 126 Å². The van der Waals surface area contributed by atoms with Crippen LogP contribution in [0, 0.1) is 0 Å². The van der Waals surface area contributed by atoms with Crippen LogP contribution in [0.5, 0.6) is 0 Å². The summed E-state index contributed by atoms with van der Waals surface area (Å²) in [6.07, 6.45) is -0.362. The monoisotopic (exact) mass is 1040 g/mol. The van der Waals surface area contributed by atoms with Crippen LogP contribution in [-0.4, -0.2) is 131 Å². The Hall–Kier alpha value is -7.27. The minimum Gasteiger partial charge on any atom is -0.481 e. The van der Waals surface area contributed by atoms with Gasteiger partial charge in [-0.25, -0.2) is 4.79 Å². The van der Waals surface area contributed by atoms with E-state index in [1.807, 2.05) is 128 Å². The Morgan fingerprint density at radius 2 is 1.17 bits per heavy atom. The highest BCUT2D eigenvalue weighted by Crippen LogP contribution is 2.32. The first-order valence-electron chi connectivity index (χ1n) is 24.8. The summed E-state index contributed by atoms with van der Waals surface area (Å²) in [5.41, 5.74) is 22.1. The number of aliphatic hydroxyl groups is 1. The molecule has 4 aromatic rings. The molecule has 1 fully saturated rings. The molecule has 1 saturated heterocycles. The van der Waals surface area contributed by atoms with E-state index in [9.17, 15) is 39.0 Å². The van der Waals surface area contributed by atoms with Crippen LogP contribution in [0.4, 0.5) is 0 Å². The summed E-state index contributed by atoms with van der Waals surface area (Å²) in [6.45, 7) is 1.49. The molecule has 0 spiro atoms. The third-order valence-corrected chi connectivity index (χ3v) is 12.3. The Labute approximate surface area is 435 Å². The fraction of sp³-hybridized carbons (Fsp3) is 0.426. The number of amides is 4. The highest BCUT2D eigenvalue weighted by atomic mass is 16.6. The maximum absolute atomic E-state index is 13.5. The second-order valence-corrected chi connectivity index (χ2v) is 18.2. The fourth-order valence-corrected chi connectivity index (χ4v) is 8.38. The SMILES string of the molecule is CC1O[C@@H](CCCc2ccc(CC(N)C(=O)NC(CCCN=C(N)N)C(=O)NCC(=O)N[C@@H](CC(=O)O)C(=O)NC(CO)C(=O)O)cc2)C(OCc2ccccc2)[C@H](OCc2ccccc2)[C@H]1OCc1ccccc1. The molecule has 75 heavy (non-hydrogen) atoms. The van der Waals surface area contributed by atoms with Crippen molar-refractivity contribution < 1.29 is 63.0 Å². The largest absolute Gasteiger partial charge is 0.481 e. The smallest absolute Gasteiger partial charge is 0.328 e. The molecule has 9 atom stereocenters. The number of carboxylic acid groups (broad SMARTS) is 2. The predicted molar refractivity (Wildman–Crippen MR) is 276 cm³/mol. The number of aliphatic hydroxyl groups excluding tert-OH is 1. The number of carbonyl (C=O) groups is 6. The molecule has 0 aromatic heterocycles. The minimum atomic E-state index is -1.76. The van der Waals surface area contributed by atoms with Gasteiger partial charge >= 0.3 is 11.9 Å². The number of benzene rings is 4. The van der Waals surface area contributed by atoms with Crippen molar-refractivity contribution in [1.29, 1.82) is 0 Å². The number of ether oxygens (including phenoxy) is 4. The molecule has 1 aliphatic rings. The van der Waals surface area contributed by atoms with E-state index in [-0.39, 0.29) is 44.0 Å². The van der Waals surface area contributed by atoms with Gasteiger partial charge in [0.05, 0.1) is 57.6 Å². The van der Waals surface area contributed by atoms with Crippen LogP contribution in [0.1, 0.15) is 66.8 Å². The third kappa shape index (κ3) is 20.2. The van der Waals surface area contributed by atoms with Gasteiger partial charge in [-0.15, -0.1) is 0 Å². The van der Waals surface area contributed by atoms with Crippen LogP contribution in [0.25, 0.3) is 0 Å². The van der Waals surface area contributed by atoms with Gasteiger partial charge in [0.2, 0.25) is 23.6 Å². The molecule has 0 bridgehead atoms. The lowest BCUT2D eigenvalue weighted by atomic mass is 9.91. The standard InChI is InChI=1S/C54H70N8O13/c1-34-47(72-31-37-13-5-2-6-14-37)49(74-33-39-17-9-4-10-18-39)48(73-32-38-15-7-3-8-16-38)44(75-34)21-11-19-35-22-24-36(25-23-35)27-40(55)50(67)61-41(20-12-26-58-54(56)57)51(68)59-29-45(64)60-42(28-46(65)66)52(69)62-43(30-63)53(70)71/h2-10,13-18,22-25,34,40-44,47-49,63H,11-12,19-21,26-33,55H2,1H3,(H,59,68)(H,60,64)(H,61,67)(H,62,69)(H,65,66)(H,70,71)(H4,56,57,58)/t34?,40?,41?,42-,43?,44-,47-,48?,49+/m0/s1. The summed E-state index contributed by atoms with van der Waals surface area (Å²) in [4.78, 5) is 78.7. The zero-order valence-corrected chi connectivity index (χ0v) is 42.0. The van der Waals surface area contributed by atoms with E-state index in [1.54, 1.807) is 0 Å². The Bertz CT molecular complexity index is 2450. The Morgan fingerprint density at radius 3 is 1.71 bits per heavy atom. The quantitative estimate of drug-likeness (QED) is 0.0194. The molecule has 21 nitrogen and oxygen atoms in total. The van der Waals surface area contributed by atoms with Crippen LogP contribution < -0.4 is 38.5 Å². The lowest BCUT2D eigenvalue weighted by Crippen LogP contribution is -2.59. The van der Waals surface area contributed by atoms with Crippen LogP contribution in [-0.2, 0) is 80.4 Å². The minimum absolute atomic E-state index is 0.0217. The number of hydrogen-bond donors (Lipinski definition) is 10. The molecule has 5 unspecified atom stereocenters. The van der Waals surface area contributed by atoms with Gasteiger partial charge in [-0.1, -0.05) is 115 Å². The zero-order valence-electron chi connectivity index (χ0n) is 42.0. The molecule has 0 aliphatic carbocycles. The maximum atomic E-state index is 13.5. The van der Waals surface area contributed by atoms with Gasteiger partial charge < -0.3 is 72.7 Å². The molecule has 4 amide bonds. The van der Waals surface area contributed by atoms with Crippen molar-refractivity contribution in [2.24, 2.45) is 22.2 Å². The van der Waals surface area contributed by atoms with Gasteiger partial charge in [0.1, 0.15) is 36.4 Å². The number of rotatable bonds is 31. The van der Waals surface area contributed by atoms with Crippen molar-refractivity contribution in [3.05, 3.63) is 143 Å². The number of nitrogens with two attached hydrogens (primary N) is 3. The lowest BCUT2D eigenvalue weighted by Gasteiger charge is -2.45. The van der Waals surface area contributed by atoms with Crippen LogP contribution in [0.15, 0.2) is 120 Å². The molecule has 13 N–H and O–H groups in total. The average molecular weight is 1040 g/mol. The topological polar surface area (TPSA) is 339 Å². The van der Waals surface area contributed by atoms with Crippen molar-refractivity contribution in [2.75, 3.05) is 19.7 Å². The van der Waals surface area contributed by atoms with E-state index < -0.39 is 97.6 Å². The van der Waals surface area contributed by atoms with E-state index in [0.29, 0.717) is 32.7 Å². The van der Waals surface area contributed by atoms with E-state index in [1.165, 1.54) is 0 Å². The number of guanidine groups is 1. The average Bonchev–Trinajstić information content (AvgIpc) is 3.39. The lowest BCUT2D eigenvalue weighted by molar-refractivity contribution is -0.262. The molecule has 21 heteroatoms. The molecular weight excluding hydrogens is 969 g/mol. The summed E-state index contributed by atoms with van der Waals surface area (Å²) < 4.78 is 26.9. The number of aliphatic imine (C=N–C) groups is 1. The summed E-state index contributed by atoms with van der Waals surface area (Å²) >= 11 is 0. The fourth-order valence-electron chi connectivity index (χ4n) is 8.38. The summed E-state index contributed by atoms with van der Waals surface area (Å²) in [6, 6.07) is 31.9. The normalized spacial score (nSPS) is 18.8. The summed E-state index contributed by atoms with van der Waals surface area (Å²) in [7, 11) is 0. The number of nitrogens with zero attached hydrogens (tertiary/aromatic N) is 1. The number of aliphatic carboxylic acids is 2. The van der Waals surface area contributed by atoms with Gasteiger partial charge in [-0.05, 0) is 73.3 Å². The number of aryl methyl sites for hydroxylation is 1. The first-order valence-corrected chi connectivity index (χ1v) is 24.8. The molecular formula is C54H70N8O13. The number of nitrogens with one attached hydrogen (secondary N) is 4. The molecule has 404 valence electrons. The van der Waals surface area contributed by atoms with Crippen molar-refractivity contribution in [1.82, 2.24) is 21.3 Å². The maximum Gasteiger partial charge on any atom is 0.328 e. The van der Waals surface area contributed by atoms with Crippen molar-refractivity contribution in [3.63, 3.8) is 0 Å². The first-order chi connectivity index (χ1) is 36.1. The summed E-state index contributed by atoms with van der Waals surface area (Å²) in [5, 5.41) is 36.7. The molecule has 0 saturated carbocycles. The van der Waals surface area contributed by atoms with Crippen LogP contribution in [0.2, 0.25) is 0 Å². The highest BCUT2D eigenvalue weighted by Gasteiger charge is 2.46. The van der Waals surface area contributed by atoms with Crippen molar-refractivity contribution >= 4 is 41.5 Å². The van der Waals surface area contributed by atoms with Crippen LogP contribution in [0.3, 0.4) is 0 Å². The predicted octanol–water partition coefficient (Wildman–Crippen LogP) is 1.60. The first kappa shape index (κ1) is 58.6. The van der Waals surface area contributed by atoms with E-state index in [2.05, 4.69) is 20.9 Å². The number of carbonyl (C=O) groups excluding carboxylic acids is 4. The molecule has 5 rings (SSSR count). The van der Waals surface area contributed by atoms with Crippen molar-refractivity contribution in [3.8, 4) is 0 Å². The molecule has 4 aromatic carbocycles. The number of carboxylic acids is 2. The van der Waals surface area contributed by atoms with Gasteiger partial charge in [-0.3, -0.25) is 29.0 Å². The molecule has 0 radical (unpaired) electrons. The Kier molecular flexibility index (Phi) is 24.1. The zero-order chi connectivity index (χ0) is 54.1. The van der Waals surface area contributed by atoms with E-state index >= 15 is 0 Å². The second kappa shape index (κ2) is 30.8. The van der Waals surface area contributed by atoms with Crippen LogP contribution >= 0.6 is 0 Å². The van der Waals surface area contributed by atoms with Gasteiger partial charge in [0.25, 0.3) is 0 Å². The summed E-state index contributed by atoms with van der Waals surface area (Å²) in [5.74, 6) is -6.93. The Balaban J connectivity index is 1.19. The van der Waals surface area contributed by atoms with Gasteiger partial charge in [0, 0.05) is 6.54 Å². The highest BCUT2D eigenvalue weighted by molar-refractivity contribution is 5.95.